The number of carboxylic acid groups (broad SMARTS) is 1. The van der Waals surface area contributed by atoms with E-state index >= 15 is 0 Å². The molecular formula is C11H8ClNO3. The second-order valence-electron chi connectivity index (χ2n) is 3.25. The Morgan fingerprint density at radius 1 is 1.44 bits per heavy atom. The van der Waals surface area contributed by atoms with E-state index in [9.17, 15) is 4.79 Å². The van der Waals surface area contributed by atoms with E-state index < -0.39 is 5.97 Å². The first kappa shape index (κ1) is 10.7. The van der Waals surface area contributed by atoms with Crippen LogP contribution in [-0.4, -0.2) is 16.2 Å². The van der Waals surface area contributed by atoms with Gasteiger partial charge in [0.05, 0.1) is 0 Å². The highest BCUT2D eigenvalue weighted by molar-refractivity contribution is 6.31. The molecule has 16 heavy (non-hydrogen) atoms. The van der Waals surface area contributed by atoms with Gasteiger partial charge in [0.15, 0.2) is 5.69 Å². The number of rotatable bonds is 3. The summed E-state index contributed by atoms with van der Waals surface area (Å²) in [5.41, 5.74) is 0.777. The molecule has 0 fully saturated rings. The minimum atomic E-state index is -1.10. The SMILES string of the molecule is O=C(O)c1cc(Cc2ccccc2Cl)on1. The number of hydrogen-bond acceptors (Lipinski definition) is 3. The van der Waals surface area contributed by atoms with Gasteiger partial charge in [-0.25, -0.2) is 4.79 Å². The molecule has 1 aromatic carbocycles. The summed E-state index contributed by atoms with van der Waals surface area (Å²) in [5.74, 6) is -0.625. The van der Waals surface area contributed by atoms with Crippen LogP contribution in [0, 0.1) is 0 Å². The van der Waals surface area contributed by atoms with Gasteiger partial charge in [0.2, 0.25) is 0 Å². The Hall–Kier alpha value is -1.81. The average Bonchev–Trinajstić information content (AvgIpc) is 2.70. The van der Waals surface area contributed by atoms with Crippen LogP contribution in [0.2, 0.25) is 5.02 Å². The molecule has 0 aliphatic carbocycles. The monoisotopic (exact) mass is 237 g/mol. The van der Waals surface area contributed by atoms with Gasteiger partial charge in [-0.1, -0.05) is 35.0 Å². The molecule has 0 bridgehead atoms. The number of aromatic nitrogens is 1. The van der Waals surface area contributed by atoms with Crippen molar-refractivity contribution in [3.05, 3.63) is 52.4 Å². The van der Waals surface area contributed by atoms with E-state index in [1.54, 1.807) is 6.07 Å². The van der Waals surface area contributed by atoms with Crippen molar-refractivity contribution in [3.63, 3.8) is 0 Å². The molecule has 2 rings (SSSR count). The van der Waals surface area contributed by atoms with Crippen LogP contribution in [0.1, 0.15) is 21.8 Å². The second-order valence-corrected chi connectivity index (χ2v) is 3.66. The third-order valence-electron chi connectivity index (χ3n) is 2.10. The Morgan fingerprint density at radius 2 is 2.19 bits per heavy atom. The zero-order valence-corrected chi connectivity index (χ0v) is 8.94. The van der Waals surface area contributed by atoms with Crippen molar-refractivity contribution in [3.8, 4) is 0 Å². The smallest absolute Gasteiger partial charge is 0.358 e. The number of hydrogen-bond donors (Lipinski definition) is 1. The van der Waals surface area contributed by atoms with Gasteiger partial charge in [0.1, 0.15) is 5.76 Å². The Morgan fingerprint density at radius 3 is 2.81 bits per heavy atom. The van der Waals surface area contributed by atoms with Crippen molar-refractivity contribution in [1.82, 2.24) is 5.16 Å². The predicted molar refractivity (Wildman–Crippen MR) is 57.7 cm³/mol. The van der Waals surface area contributed by atoms with E-state index in [-0.39, 0.29) is 5.69 Å². The van der Waals surface area contributed by atoms with Crippen LogP contribution in [0.3, 0.4) is 0 Å². The van der Waals surface area contributed by atoms with Crippen LogP contribution in [0.4, 0.5) is 0 Å². The van der Waals surface area contributed by atoms with E-state index in [4.69, 9.17) is 21.2 Å². The molecule has 2 aromatic rings. The highest BCUT2D eigenvalue weighted by Crippen LogP contribution is 2.19. The molecule has 1 heterocycles. The number of carboxylic acids is 1. The summed E-state index contributed by atoms with van der Waals surface area (Å²) >= 11 is 5.97. The van der Waals surface area contributed by atoms with Gasteiger partial charge >= 0.3 is 5.97 Å². The van der Waals surface area contributed by atoms with Crippen LogP contribution in [0.25, 0.3) is 0 Å². The molecule has 1 aromatic heterocycles. The van der Waals surface area contributed by atoms with Crippen molar-refractivity contribution < 1.29 is 14.4 Å². The number of nitrogens with zero attached hydrogens (tertiary/aromatic N) is 1. The quantitative estimate of drug-likeness (QED) is 0.891. The third-order valence-corrected chi connectivity index (χ3v) is 2.47. The van der Waals surface area contributed by atoms with Crippen LogP contribution in [0.15, 0.2) is 34.9 Å². The highest BCUT2D eigenvalue weighted by atomic mass is 35.5. The van der Waals surface area contributed by atoms with Crippen LogP contribution in [0.5, 0.6) is 0 Å². The summed E-state index contributed by atoms with van der Waals surface area (Å²) in [7, 11) is 0. The number of benzene rings is 1. The van der Waals surface area contributed by atoms with E-state index in [2.05, 4.69) is 5.16 Å². The first-order chi connectivity index (χ1) is 7.66. The van der Waals surface area contributed by atoms with Crippen LogP contribution >= 0.6 is 11.6 Å². The first-order valence-corrected chi connectivity index (χ1v) is 4.97. The van der Waals surface area contributed by atoms with Gasteiger partial charge < -0.3 is 9.63 Å². The van der Waals surface area contributed by atoms with Crippen molar-refractivity contribution in [2.75, 3.05) is 0 Å². The molecule has 5 heteroatoms. The topological polar surface area (TPSA) is 63.3 Å². The molecule has 0 saturated carbocycles. The summed E-state index contributed by atoms with van der Waals surface area (Å²) in [5, 5.41) is 12.7. The summed E-state index contributed by atoms with van der Waals surface area (Å²) in [6.45, 7) is 0. The first-order valence-electron chi connectivity index (χ1n) is 4.59. The lowest BCUT2D eigenvalue weighted by molar-refractivity contribution is 0.0685. The zero-order chi connectivity index (χ0) is 11.5. The maximum atomic E-state index is 10.6. The fourth-order valence-electron chi connectivity index (χ4n) is 1.33. The largest absolute Gasteiger partial charge is 0.476 e. The van der Waals surface area contributed by atoms with E-state index in [1.165, 1.54) is 6.07 Å². The van der Waals surface area contributed by atoms with E-state index in [0.717, 1.165) is 5.56 Å². The molecule has 0 unspecified atom stereocenters. The standard InChI is InChI=1S/C11H8ClNO3/c12-9-4-2-1-3-7(9)5-8-6-10(11(14)15)13-16-8/h1-4,6H,5H2,(H,14,15). The summed E-state index contributed by atoms with van der Waals surface area (Å²) in [6, 6.07) is 8.70. The lowest BCUT2D eigenvalue weighted by Crippen LogP contribution is -1.94. The molecule has 0 atom stereocenters. The Bertz CT molecular complexity index is 521. The van der Waals surface area contributed by atoms with Gasteiger partial charge in [0.25, 0.3) is 0 Å². The molecule has 0 radical (unpaired) electrons. The van der Waals surface area contributed by atoms with Gasteiger partial charge in [-0.15, -0.1) is 0 Å². The summed E-state index contributed by atoms with van der Waals surface area (Å²) < 4.78 is 4.90. The molecule has 0 amide bonds. The lowest BCUT2D eigenvalue weighted by atomic mass is 10.1. The fourth-order valence-corrected chi connectivity index (χ4v) is 1.53. The Kier molecular flexibility index (Phi) is 2.92. The average molecular weight is 238 g/mol. The third kappa shape index (κ3) is 2.23. The molecule has 82 valence electrons. The molecule has 0 aliphatic heterocycles. The van der Waals surface area contributed by atoms with Crippen molar-refractivity contribution in [2.45, 2.75) is 6.42 Å². The minimum Gasteiger partial charge on any atom is -0.476 e. The van der Waals surface area contributed by atoms with Crippen molar-refractivity contribution in [1.29, 1.82) is 0 Å². The predicted octanol–water partition coefficient (Wildman–Crippen LogP) is 2.62. The van der Waals surface area contributed by atoms with Gasteiger partial charge in [-0.3, -0.25) is 0 Å². The maximum Gasteiger partial charge on any atom is 0.358 e. The minimum absolute atomic E-state index is 0.0953. The van der Waals surface area contributed by atoms with Crippen molar-refractivity contribution >= 4 is 17.6 Å². The maximum absolute atomic E-state index is 10.6. The highest BCUT2D eigenvalue weighted by Gasteiger charge is 2.11. The fraction of sp³-hybridized carbons (Fsp3) is 0.0909. The summed E-state index contributed by atoms with van der Waals surface area (Å²) in [4.78, 5) is 10.6. The van der Waals surface area contributed by atoms with Crippen LogP contribution < -0.4 is 0 Å². The summed E-state index contributed by atoms with van der Waals surface area (Å²) in [6.07, 6.45) is 0.431. The number of halogens is 1. The van der Waals surface area contributed by atoms with E-state index in [0.29, 0.717) is 17.2 Å². The molecular weight excluding hydrogens is 230 g/mol. The Labute approximate surface area is 96.4 Å². The van der Waals surface area contributed by atoms with Gasteiger partial charge in [0, 0.05) is 17.5 Å². The lowest BCUT2D eigenvalue weighted by Gasteiger charge is -1.99. The molecule has 1 N–H and O–H groups in total. The van der Waals surface area contributed by atoms with Crippen LogP contribution in [-0.2, 0) is 6.42 Å². The van der Waals surface area contributed by atoms with Gasteiger partial charge in [-0.05, 0) is 11.6 Å². The second kappa shape index (κ2) is 4.37. The number of aromatic carboxylic acids is 1. The molecule has 0 aliphatic rings. The zero-order valence-electron chi connectivity index (χ0n) is 8.18. The van der Waals surface area contributed by atoms with Crippen molar-refractivity contribution in [2.24, 2.45) is 0 Å². The molecule has 0 spiro atoms. The van der Waals surface area contributed by atoms with Gasteiger partial charge in [-0.2, -0.15) is 0 Å². The van der Waals surface area contributed by atoms with E-state index in [1.807, 2.05) is 18.2 Å². The Balaban J connectivity index is 2.21. The molecule has 0 saturated heterocycles. The molecule has 4 nitrogen and oxygen atoms in total. The normalized spacial score (nSPS) is 10.3. The number of carbonyl (C=O) groups is 1.